The summed E-state index contributed by atoms with van der Waals surface area (Å²) < 4.78 is 1.82. The van der Waals surface area contributed by atoms with Gasteiger partial charge in [-0.25, -0.2) is 4.68 Å². The van der Waals surface area contributed by atoms with E-state index in [0.29, 0.717) is 16.4 Å². The Morgan fingerprint density at radius 1 is 1.00 bits per heavy atom. The van der Waals surface area contributed by atoms with E-state index in [9.17, 15) is 9.59 Å². The van der Waals surface area contributed by atoms with Gasteiger partial charge in [-0.2, -0.15) is 5.10 Å². The van der Waals surface area contributed by atoms with Crippen molar-refractivity contribution >= 4 is 23.4 Å². The predicted molar refractivity (Wildman–Crippen MR) is 106 cm³/mol. The molecule has 0 aliphatic heterocycles. The Kier molecular flexibility index (Phi) is 5.16. The lowest BCUT2D eigenvalue weighted by molar-refractivity contribution is 0.0841. The zero-order valence-electron chi connectivity index (χ0n) is 15.2. The fourth-order valence-corrected chi connectivity index (χ4v) is 3.59. The minimum atomic E-state index is -0.425. The van der Waals surface area contributed by atoms with Crippen molar-refractivity contribution in [2.45, 2.75) is 32.1 Å². The van der Waals surface area contributed by atoms with Crippen LogP contribution in [0, 0.1) is 0 Å². The molecule has 4 rings (SSSR count). The van der Waals surface area contributed by atoms with Crippen molar-refractivity contribution in [1.29, 1.82) is 0 Å². The molecule has 7 nitrogen and oxygen atoms in total. The van der Waals surface area contributed by atoms with E-state index in [-0.39, 0.29) is 0 Å². The summed E-state index contributed by atoms with van der Waals surface area (Å²) in [5.41, 5.74) is 8.46. The van der Waals surface area contributed by atoms with Gasteiger partial charge in [0.1, 0.15) is 5.69 Å². The standard InChI is InChI=1S/C20H20ClN5O2/c21-13-8-10-14(11-9-13)26-17-7-3-1-2-5-15(17)18(25-26)20(28)24-23-19(27)16-6-4-12-22-16/h4,6,8-12,22H,1-3,5,7H2,(H,23,27)(H,24,28). The minimum Gasteiger partial charge on any atom is -0.357 e. The van der Waals surface area contributed by atoms with Crippen LogP contribution in [0.2, 0.25) is 5.02 Å². The third kappa shape index (κ3) is 3.66. The highest BCUT2D eigenvalue weighted by atomic mass is 35.5. The summed E-state index contributed by atoms with van der Waals surface area (Å²) >= 11 is 6.00. The lowest BCUT2D eigenvalue weighted by atomic mass is 10.1. The summed E-state index contributed by atoms with van der Waals surface area (Å²) in [6.07, 6.45) is 6.46. The first kappa shape index (κ1) is 18.3. The first-order valence-corrected chi connectivity index (χ1v) is 9.62. The Balaban J connectivity index is 1.61. The molecule has 3 N–H and O–H groups in total. The molecule has 2 amide bonds. The van der Waals surface area contributed by atoms with Crippen LogP contribution in [-0.2, 0) is 12.8 Å². The van der Waals surface area contributed by atoms with Crippen LogP contribution in [0.25, 0.3) is 5.69 Å². The largest absolute Gasteiger partial charge is 0.357 e. The summed E-state index contributed by atoms with van der Waals surface area (Å²) in [4.78, 5) is 27.6. The van der Waals surface area contributed by atoms with Crippen molar-refractivity contribution < 1.29 is 9.59 Å². The van der Waals surface area contributed by atoms with Gasteiger partial charge >= 0.3 is 0 Å². The highest BCUT2D eigenvalue weighted by Crippen LogP contribution is 2.26. The topological polar surface area (TPSA) is 91.8 Å². The average molecular weight is 398 g/mol. The molecule has 0 saturated carbocycles. The zero-order chi connectivity index (χ0) is 19.5. The molecule has 8 heteroatoms. The van der Waals surface area contributed by atoms with Crippen LogP contribution in [-0.4, -0.2) is 26.6 Å². The molecule has 28 heavy (non-hydrogen) atoms. The van der Waals surface area contributed by atoms with Crippen molar-refractivity contribution in [1.82, 2.24) is 25.6 Å². The van der Waals surface area contributed by atoms with E-state index in [2.05, 4.69) is 20.9 Å². The van der Waals surface area contributed by atoms with Gasteiger partial charge in [0.15, 0.2) is 5.69 Å². The quantitative estimate of drug-likeness (QED) is 0.468. The molecule has 0 fully saturated rings. The summed E-state index contributed by atoms with van der Waals surface area (Å²) in [7, 11) is 0. The monoisotopic (exact) mass is 397 g/mol. The summed E-state index contributed by atoms with van der Waals surface area (Å²) in [5, 5.41) is 5.22. The van der Waals surface area contributed by atoms with Crippen molar-refractivity contribution in [3.8, 4) is 5.69 Å². The van der Waals surface area contributed by atoms with Gasteiger partial charge in [-0.15, -0.1) is 0 Å². The predicted octanol–water partition coefficient (Wildman–Crippen LogP) is 3.20. The maximum absolute atomic E-state index is 12.8. The van der Waals surface area contributed by atoms with E-state index in [1.54, 1.807) is 30.5 Å². The number of fused-ring (bicyclic) bond motifs is 1. The van der Waals surface area contributed by atoms with Gasteiger partial charge in [-0.1, -0.05) is 18.0 Å². The first-order valence-electron chi connectivity index (χ1n) is 9.24. The van der Waals surface area contributed by atoms with Crippen LogP contribution in [0.15, 0.2) is 42.6 Å². The van der Waals surface area contributed by atoms with Crippen molar-refractivity contribution in [3.63, 3.8) is 0 Å². The van der Waals surface area contributed by atoms with Gasteiger partial charge in [-0.3, -0.25) is 20.4 Å². The number of hydrazine groups is 1. The summed E-state index contributed by atoms with van der Waals surface area (Å²) in [6.45, 7) is 0. The summed E-state index contributed by atoms with van der Waals surface area (Å²) in [6, 6.07) is 10.7. The Morgan fingerprint density at radius 2 is 1.75 bits per heavy atom. The molecule has 1 aliphatic rings. The Bertz CT molecular complexity index is 993. The van der Waals surface area contributed by atoms with Crippen molar-refractivity contribution in [3.05, 3.63) is 70.3 Å². The number of carbonyl (C=O) groups excluding carboxylic acids is 2. The van der Waals surface area contributed by atoms with E-state index >= 15 is 0 Å². The number of H-pyrrole nitrogens is 1. The van der Waals surface area contributed by atoms with E-state index in [0.717, 1.165) is 49.0 Å². The molecule has 1 aliphatic carbocycles. The fraction of sp³-hybridized carbons (Fsp3) is 0.250. The fourth-order valence-electron chi connectivity index (χ4n) is 3.47. The normalized spacial score (nSPS) is 13.5. The smallest absolute Gasteiger partial charge is 0.290 e. The molecular weight excluding hydrogens is 378 g/mol. The number of hydrogen-bond acceptors (Lipinski definition) is 3. The number of nitrogens with one attached hydrogen (secondary N) is 3. The molecule has 2 aromatic heterocycles. The molecule has 0 radical (unpaired) electrons. The Hall–Kier alpha value is -3.06. The van der Waals surface area contributed by atoms with Crippen LogP contribution in [0.1, 0.15) is 51.5 Å². The molecule has 0 saturated heterocycles. The summed E-state index contributed by atoms with van der Waals surface area (Å²) in [5.74, 6) is -0.840. The second kappa shape index (κ2) is 7.90. The molecule has 0 bridgehead atoms. The van der Waals surface area contributed by atoms with E-state index in [1.165, 1.54) is 0 Å². The SMILES string of the molecule is O=C(NNC(=O)c1nn(-c2ccc(Cl)cc2)c2c1CCCCC2)c1ccc[nH]1. The Morgan fingerprint density at radius 3 is 2.50 bits per heavy atom. The van der Waals surface area contributed by atoms with Gasteiger partial charge in [0.05, 0.1) is 5.69 Å². The number of aromatic nitrogens is 3. The Labute approximate surface area is 167 Å². The number of halogens is 1. The number of carbonyl (C=O) groups is 2. The van der Waals surface area contributed by atoms with Crippen LogP contribution in [0.4, 0.5) is 0 Å². The van der Waals surface area contributed by atoms with E-state index in [4.69, 9.17) is 11.6 Å². The van der Waals surface area contributed by atoms with Crippen LogP contribution < -0.4 is 10.9 Å². The maximum atomic E-state index is 12.8. The van der Waals surface area contributed by atoms with Crippen molar-refractivity contribution in [2.24, 2.45) is 0 Å². The second-order valence-corrected chi connectivity index (χ2v) is 7.15. The number of amides is 2. The molecule has 0 unspecified atom stereocenters. The molecule has 1 aromatic carbocycles. The lowest BCUT2D eigenvalue weighted by Crippen LogP contribution is -2.42. The number of rotatable bonds is 3. The number of benzene rings is 1. The van der Waals surface area contributed by atoms with Crippen LogP contribution >= 0.6 is 11.6 Å². The second-order valence-electron chi connectivity index (χ2n) is 6.71. The van der Waals surface area contributed by atoms with Gasteiger partial charge in [0.25, 0.3) is 11.8 Å². The van der Waals surface area contributed by atoms with Crippen LogP contribution in [0.5, 0.6) is 0 Å². The molecule has 0 atom stereocenters. The highest BCUT2D eigenvalue weighted by molar-refractivity contribution is 6.30. The van der Waals surface area contributed by atoms with E-state index < -0.39 is 11.8 Å². The van der Waals surface area contributed by atoms with Gasteiger partial charge in [0.2, 0.25) is 0 Å². The number of hydrogen-bond donors (Lipinski definition) is 3. The number of aromatic amines is 1. The molecule has 3 aromatic rings. The van der Waals surface area contributed by atoms with Crippen LogP contribution in [0.3, 0.4) is 0 Å². The maximum Gasteiger partial charge on any atom is 0.290 e. The molecule has 144 valence electrons. The average Bonchev–Trinajstić information content (AvgIpc) is 3.30. The van der Waals surface area contributed by atoms with E-state index in [1.807, 2.05) is 16.8 Å². The number of nitrogens with zero attached hydrogens (tertiary/aromatic N) is 2. The third-order valence-corrected chi connectivity index (χ3v) is 5.10. The molecular formula is C20H20ClN5O2. The zero-order valence-corrected chi connectivity index (χ0v) is 15.9. The highest BCUT2D eigenvalue weighted by Gasteiger charge is 2.25. The minimum absolute atomic E-state index is 0.346. The molecule has 2 heterocycles. The van der Waals surface area contributed by atoms with Gasteiger partial charge in [0, 0.05) is 22.5 Å². The third-order valence-electron chi connectivity index (χ3n) is 4.85. The van der Waals surface area contributed by atoms with Gasteiger partial charge < -0.3 is 4.98 Å². The lowest BCUT2D eigenvalue weighted by Gasteiger charge is -2.07. The first-order chi connectivity index (χ1) is 13.6. The van der Waals surface area contributed by atoms with Crippen molar-refractivity contribution in [2.75, 3.05) is 0 Å². The molecule has 0 spiro atoms. The van der Waals surface area contributed by atoms with Gasteiger partial charge in [-0.05, 0) is 62.1 Å².